The summed E-state index contributed by atoms with van der Waals surface area (Å²) < 4.78 is 12.5. The highest BCUT2D eigenvalue weighted by atomic mass is 16.5. The number of nitrogens with one attached hydrogen (secondary N) is 1. The Morgan fingerprint density at radius 2 is 2.00 bits per heavy atom. The first-order valence-corrected chi connectivity index (χ1v) is 10.3. The van der Waals surface area contributed by atoms with Crippen LogP contribution in [0.3, 0.4) is 0 Å². The Kier molecular flexibility index (Phi) is 6.02. The molecule has 4 aromatic rings. The summed E-state index contributed by atoms with van der Waals surface area (Å²) in [6.45, 7) is 5.91. The van der Waals surface area contributed by atoms with Crippen molar-refractivity contribution in [2.75, 3.05) is 6.61 Å². The molecule has 0 saturated carbocycles. The lowest BCUT2D eigenvalue weighted by Crippen LogP contribution is -2.28. The van der Waals surface area contributed by atoms with Crippen LogP contribution in [0.25, 0.3) is 22.5 Å². The van der Waals surface area contributed by atoms with Crippen LogP contribution in [0.4, 0.5) is 0 Å². The number of amides is 1. The summed E-state index contributed by atoms with van der Waals surface area (Å²) in [5, 5.41) is 7.69. The number of pyridine rings is 1. The maximum absolute atomic E-state index is 12.9. The second-order valence-electron chi connectivity index (χ2n) is 7.73. The Morgan fingerprint density at radius 3 is 2.72 bits per heavy atom. The largest absolute Gasteiger partial charge is 0.463 e. The second-order valence-corrected chi connectivity index (χ2v) is 7.73. The van der Waals surface area contributed by atoms with E-state index in [9.17, 15) is 9.59 Å². The van der Waals surface area contributed by atoms with Gasteiger partial charge in [-0.25, -0.2) is 14.5 Å². The smallest absolute Gasteiger partial charge is 0.339 e. The lowest BCUT2D eigenvalue weighted by molar-refractivity contribution is -0.124. The number of nitrogens with zero attached hydrogens (tertiary/aromatic N) is 3. The molecule has 8 heteroatoms. The SMILES string of the molecule is Cc1ccccc1CNC(=O)COC(=O)c1cc(-c2ccco2)nc2c1cnn2C(C)C. The highest BCUT2D eigenvalue weighted by molar-refractivity contribution is 6.04. The Balaban J connectivity index is 1.52. The van der Waals surface area contributed by atoms with Crippen molar-refractivity contribution in [1.82, 2.24) is 20.1 Å². The summed E-state index contributed by atoms with van der Waals surface area (Å²) >= 11 is 0. The number of hydrogen-bond acceptors (Lipinski definition) is 6. The third kappa shape index (κ3) is 4.39. The summed E-state index contributed by atoms with van der Waals surface area (Å²) in [5.41, 5.74) is 3.40. The van der Waals surface area contributed by atoms with E-state index in [2.05, 4.69) is 15.4 Å². The second kappa shape index (κ2) is 9.05. The van der Waals surface area contributed by atoms with Crippen molar-refractivity contribution in [2.24, 2.45) is 0 Å². The van der Waals surface area contributed by atoms with Gasteiger partial charge in [-0.2, -0.15) is 5.10 Å². The highest BCUT2D eigenvalue weighted by Gasteiger charge is 2.21. The molecule has 1 amide bonds. The highest BCUT2D eigenvalue weighted by Crippen LogP contribution is 2.27. The molecule has 0 unspecified atom stereocenters. The van der Waals surface area contributed by atoms with Crippen LogP contribution in [0.1, 0.15) is 41.4 Å². The van der Waals surface area contributed by atoms with E-state index >= 15 is 0 Å². The van der Waals surface area contributed by atoms with Gasteiger partial charge < -0.3 is 14.5 Å². The van der Waals surface area contributed by atoms with Crippen molar-refractivity contribution in [1.29, 1.82) is 0 Å². The van der Waals surface area contributed by atoms with Crippen molar-refractivity contribution in [2.45, 2.75) is 33.4 Å². The molecule has 0 radical (unpaired) electrons. The predicted octanol–water partition coefficient (Wildman–Crippen LogP) is 4.05. The predicted molar refractivity (Wildman–Crippen MR) is 119 cm³/mol. The van der Waals surface area contributed by atoms with Crippen molar-refractivity contribution in [3.63, 3.8) is 0 Å². The van der Waals surface area contributed by atoms with Gasteiger partial charge in [-0.05, 0) is 50.1 Å². The fraction of sp³-hybridized carbons (Fsp3) is 0.250. The topological polar surface area (TPSA) is 99.2 Å². The average molecular weight is 432 g/mol. The first-order chi connectivity index (χ1) is 15.4. The number of ether oxygens (including phenoxy) is 1. The molecule has 3 heterocycles. The first kappa shape index (κ1) is 21.3. The van der Waals surface area contributed by atoms with E-state index in [1.54, 1.807) is 29.1 Å². The lowest BCUT2D eigenvalue weighted by Gasteiger charge is -2.10. The molecular weight excluding hydrogens is 408 g/mol. The van der Waals surface area contributed by atoms with Crippen molar-refractivity contribution >= 4 is 22.9 Å². The molecule has 0 aliphatic heterocycles. The van der Waals surface area contributed by atoms with E-state index < -0.39 is 5.97 Å². The van der Waals surface area contributed by atoms with Crippen LogP contribution in [0.15, 0.2) is 59.3 Å². The monoisotopic (exact) mass is 432 g/mol. The van der Waals surface area contributed by atoms with Gasteiger partial charge in [-0.1, -0.05) is 24.3 Å². The minimum absolute atomic E-state index is 0.0444. The summed E-state index contributed by atoms with van der Waals surface area (Å²) in [7, 11) is 0. The van der Waals surface area contributed by atoms with Crippen LogP contribution in [-0.2, 0) is 16.1 Å². The molecule has 4 rings (SSSR count). The van der Waals surface area contributed by atoms with E-state index in [0.29, 0.717) is 29.0 Å². The summed E-state index contributed by atoms with van der Waals surface area (Å²) in [5.74, 6) is -0.482. The fourth-order valence-corrected chi connectivity index (χ4v) is 3.38. The molecule has 8 nitrogen and oxygen atoms in total. The molecule has 0 bridgehead atoms. The first-order valence-electron chi connectivity index (χ1n) is 10.3. The van der Waals surface area contributed by atoms with E-state index in [1.165, 1.54) is 6.26 Å². The van der Waals surface area contributed by atoms with Gasteiger partial charge in [0, 0.05) is 12.6 Å². The Hall–Kier alpha value is -3.94. The molecule has 1 N–H and O–H groups in total. The van der Waals surface area contributed by atoms with Crippen LogP contribution < -0.4 is 5.32 Å². The zero-order chi connectivity index (χ0) is 22.7. The number of carbonyl (C=O) groups is 2. The van der Waals surface area contributed by atoms with E-state index in [1.807, 2.05) is 45.0 Å². The van der Waals surface area contributed by atoms with Crippen LogP contribution in [0.5, 0.6) is 0 Å². The van der Waals surface area contributed by atoms with Gasteiger partial charge in [0.05, 0.1) is 23.4 Å². The molecule has 0 saturated heterocycles. The van der Waals surface area contributed by atoms with Crippen LogP contribution >= 0.6 is 0 Å². The number of aryl methyl sites for hydroxylation is 1. The molecule has 0 spiro atoms. The quantitative estimate of drug-likeness (QED) is 0.442. The van der Waals surface area contributed by atoms with Crippen molar-refractivity contribution < 1.29 is 18.7 Å². The van der Waals surface area contributed by atoms with E-state index in [-0.39, 0.29) is 24.1 Å². The zero-order valence-electron chi connectivity index (χ0n) is 18.2. The van der Waals surface area contributed by atoms with Gasteiger partial charge in [-0.15, -0.1) is 0 Å². The van der Waals surface area contributed by atoms with Gasteiger partial charge in [0.25, 0.3) is 5.91 Å². The van der Waals surface area contributed by atoms with Gasteiger partial charge >= 0.3 is 5.97 Å². The Morgan fingerprint density at radius 1 is 1.19 bits per heavy atom. The van der Waals surface area contributed by atoms with Crippen molar-refractivity contribution in [3.8, 4) is 11.5 Å². The van der Waals surface area contributed by atoms with Gasteiger partial charge in [0.1, 0.15) is 5.69 Å². The summed E-state index contributed by atoms with van der Waals surface area (Å²) in [4.78, 5) is 29.8. The Bertz CT molecular complexity index is 1260. The fourth-order valence-electron chi connectivity index (χ4n) is 3.38. The number of carbonyl (C=O) groups excluding carboxylic acids is 2. The minimum Gasteiger partial charge on any atom is -0.463 e. The molecule has 0 aliphatic rings. The van der Waals surface area contributed by atoms with Crippen molar-refractivity contribution in [3.05, 3.63) is 71.6 Å². The van der Waals surface area contributed by atoms with Gasteiger partial charge in [0.15, 0.2) is 18.0 Å². The summed E-state index contributed by atoms with van der Waals surface area (Å²) in [6.07, 6.45) is 3.13. The molecular formula is C24H24N4O4. The third-order valence-electron chi connectivity index (χ3n) is 5.12. The third-order valence-corrected chi connectivity index (χ3v) is 5.12. The van der Waals surface area contributed by atoms with Gasteiger partial charge in [0.2, 0.25) is 0 Å². The number of aromatic nitrogens is 3. The zero-order valence-corrected chi connectivity index (χ0v) is 18.2. The average Bonchev–Trinajstić information content (AvgIpc) is 3.46. The molecule has 1 aromatic carbocycles. The maximum atomic E-state index is 12.9. The molecule has 0 atom stereocenters. The lowest BCUT2D eigenvalue weighted by atomic mass is 10.1. The molecule has 0 fully saturated rings. The molecule has 32 heavy (non-hydrogen) atoms. The van der Waals surface area contributed by atoms with E-state index in [4.69, 9.17) is 9.15 Å². The standard InChI is InChI=1S/C24H24N4O4/c1-15(2)28-23-19(13-26-28)18(11-20(27-23)21-9-6-10-31-21)24(30)32-14-22(29)25-12-17-8-5-4-7-16(17)3/h4-11,13,15H,12,14H2,1-3H3,(H,25,29). The van der Waals surface area contributed by atoms with Crippen LogP contribution in [-0.4, -0.2) is 33.2 Å². The van der Waals surface area contributed by atoms with Gasteiger partial charge in [-0.3, -0.25) is 4.79 Å². The minimum atomic E-state index is -0.625. The number of esters is 1. The Labute approximate surface area is 185 Å². The molecule has 0 aliphatic carbocycles. The number of rotatable bonds is 7. The normalized spacial score (nSPS) is 11.1. The maximum Gasteiger partial charge on any atom is 0.339 e. The number of benzene rings is 1. The number of fused-ring (bicyclic) bond motifs is 1. The number of furan rings is 1. The summed E-state index contributed by atoms with van der Waals surface area (Å²) in [6, 6.07) is 12.9. The van der Waals surface area contributed by atoms with Crippen LogP contribution in [0.2, 0.25) is 0 Å². The van der Waals surface area contributed by atoms with E-state index in [0.717, 1.165) is 11.1 Å². The molecule has 3 aromatic heterocycles. The van der Waals surface area contributed by atoms with Crippen LogP contribution in [0, 0.1) is 6.92 Å². The molecule has 164 valence electrons. The number of hydrogen-bond donors (Lipinski definition) is 1.